The zero-order valence-corrected chi connectivity index (χ0v) is 18.2. The summed E-state index contributed by atoms with van der Waals surface area (Å²) in [6.45, 7) is 9.48. The summed E-state index contributed by atoms with van der Waals surface area (Å²) in [5.74, 6) is 1.65. The van der Waals surface area contributed by atoms with Gasteiger partial charge >= 0.3 is 0 Å². The van der Waals surface area contributed by atoms with Gasteiger partial charge in [-0.05, 0) is 23.8 Å². The van der Waals surface area contributed by atoms with Crippen molar-refractivity contribution in [3.8, 4) is 0 Å². The third-order valence-electron chi connectivity index (χ3n) is 6.26. The van der Waals surface area contributed by atoms with Crippen LogP contribution < -0.4 is 10.6 Å². The number of aliphatic imine (C=N–C) groups is 1. The van der Waals surface area contributed by atoms with Gasteiger partial charge in [0.25, 0.3) is 0 Å². The van der Waals surface area contributed by atoms with Gasteiger partial charge in [-0.25, -0.2) is 4.99 Å². The maximum absolute atomic E-state index is 12.3. The molecule has 1 aromatic rings. The standard InChI is InChI=1S/C24H35N3O2/c1-5-16(3)21-15-29-24(27-21)23(17(4)6-2)26-20-13-19(25-22(28)14-20)12-18-10-8-7-9-11-18/h7-11,14,16-17,19,21,23,26H,5-6,12-13,15H2,1-4H3,(H,25,28)/t16-,17-,19-,21+,23-/m0/s1. The first-order valence-electron chi connectivity index (χ1n) is 11.0. The molecule has 5 nitrogen and oxygen atoms in total. The van der Waals surface area contributed by atoms with E-state index >= 15 is 0 Å². The Bertz CT molecular complexity index is 744. The maximum Gasteiger partial charge on any atom is 0.245 e. The van der Waals surface area contributed by atoms with Crippen molar-refractivity contribution in [3.63, 3.8) is 0 Å². The summed E-state index contributed by atoms with van der Waals surface area (Å²) < 4.78 is 6.02. The monoisotopic (exact) mass is 397 g/mol. The van der Waals surface area contributed by atoms with Gasteiger partial charge in [0.1, 0.15) is 12.6 Å². The molecule has 5 heteroatoms. The van der Waals surface area contributed by atoms with Crippen molar-refractivity contribution in [1.82, 2.24) is 10.6 Å². The number of ether oxygens (including phenoxy) is 1. The molecule has 158 valence electrons. The Morgan fingerprint density at radius 3 is 2.66 bits per heavy atom. The summed E-state index contributed by atoms with van der Waals surface area (Å²) in [5, 5.41) is 6.71. The number of rotatable bonds is 9. The second-order valence-corrected chi connectivity index (χ2v) is 8.51. The predicted octanol–water partition coefficient (Wildman–Crippen LogP) is 3.85. The summed E-state index contributed by atoms with van der Waals surface area (Å²) in [6, 6.07) is 10.6. The average molecular weight is 398 g/mol. The fourth-order valence-electron chi connectivity index (χ4n) is 3.92. The minimum absolute atomic E-state index is 0.00332. The molecule has 0 radical (unpaired) electrons. The number of benzene rings is 1. The van der Waals surface area contributed by atoms with Gasteiger partial charge in [0.15, 0.2) is 0 Å². The van der Waals surface area contributed by atoms with E-state index in [1.54, 1.807) is 6.08 Å². The summed E-state index contributed by atoms with van der Waals surface area (Å²) in [6.07, 6.45) is 5.42. The second-order valence-electron chi connectivity index (χ2n) is 8.51. The summed E-state index contributed by atoms with van der Waals surface area (Å²) in [5.41, 5.74) is 2.20. The Hall–Kier alpha value is -2.30. The van der Waals surface area contributed by atoms with E-state index in [1.807, 2.05) is 18.2 Å². The largest absolute Gasteiger partial charge is 0.477 e. The SMILES string of the molecule is CC[C@H](C)[C@H](NC1=CC(=O)N[C@@H](Cc2ccccc2)C1)C1=N[C@@H]([C@@H](C)CC)CO1. The van der Waals surface area contributed by atoms with E-state index < -0.39 is 0 Å². The molecule has 1 amide bonds. The number of carbonyl (C=O) groups is 1. The molecule has 5 atom stereocenters. The molecular formula is C24H35N3O2. The predicted molar refractivity (Wildman–Crippen MR) is 118 cm³/mol. The molecule has 0 aliphatic carbocycles. The van der Waals surface area contributed by atoms with E-state index in [4.69, 9.17) is 9.73 Å². The van der Waals surface area contributed by atoms with Crippen molar-refractivity contribution in [2.24, 2.45) is 16.8 Å². The molecule has 2 aliphatic rings. The third-order valence-corrected chi connectivity index (χ3v) is 6.26. The van der Waals surface area contributed by atoms with E-state index in [-0.39, 0.29) is 24.0 Å². The lowest BCUT2D eigenvalue weighted by molar-refractivity contribution is -0.117. The van der Waals surface area contributed by atoms with E-state index in [2.05, 4.69) is 50.5 Å². The fraction of sp³-hybridized carbons (Fsp3) is 0.583. The molecule has 2 N–H and O–H groups in total. The van der Waals surface area contributed by atoms with Crippen molar-refractivity contribution < 1.29 is 9.53 Å². The van der Waals surface area contributed by atoms with Gasteiger partial charge in [-0.1, -0.05) is 70.9 Å². The van der Waals surface area contributed by atoms with Gasteiger partial charge in [0.2, 0.25) is 11.8 Å². The highest BCUT2D eigenvalue weighted by molar-refractivity contribution is 5.90. The van der Waals surface area contributed by atoms with Gasteiger partial charge in [0, 0.05) is 24.2 Å². The molecule has 2 aliphatic heterocycles. The highest BCUT2D eigenvalue weighted by Crippen LogP contribution is 2.23. The van der Waals surface area contributed by atoms with Crippen LogP contribution in [0.25, 0.3) is 0 Å². The Labute approximate surface area is 175 Å². The number of hydrogen-bond donors (Lipinski definition) is 2. The number of nitrogens with one attached hydrogen (secondary N) is 2. The lowest BCUT2D eigenvalue weighted by atomic mass is 9.95. The molecular weight excluding hydrogens is 362 g/mol. The van der Waals surface area contributed by atoms with Crippen LogP contribution in [0.5, 0.6) is 0 Å². The Kier molecular flexibility index (Phi) is 7.34. The average Bonchev–Trinajstić information content (AvgIpc) is 3.21. The van der Waals surface area contributed by atoms with Gasteiger partial charge in [-0.2, -0.15) is 0 Å². The Balaban J connectivity index is 1.71. The van der Waals surface area contributed by atoms with Crippen molar-refractivity contribution in [2.75, 3.05) is 6.61 Å². The van der Waals surface area contributed by atoms with Crippen molar-refractivity contribution >= 4 is 11.8 Å². The molecule has 29 heavy (non-hydrogen) atoms. The van der Waals surface area contributed by atoms with Crippen LogP contribution in [0.4, 0.5) is 0 Å². The van der Waals surface area contributed by atoms with Gasteiger partial charge in [0.05, 0.1) is 6.04 Å². The quantitative estimate of drug-likeness (QED) is 0.665. The highest BCUT2D eigenvalue weighted by atomic mass is 16.5. The highest BCUT2D eigenvalue weighted by Gasteiger charge is 2.32. The topological polar surface area (TPSA) is 62.7 Å². The van der Waals surface area contributed by atoms with Crippen molar-refractivity contribution in [1.29, 1.82) is 0 Å². The third kappa shape index (κ3) is 5.62. The molecule has 0 bridgehead atoms. The summed E-state index contributed by atoms with van der Waals surface area (Å²) in [7, 11) is 0. The lowest BCUT2D eigenvalue weighted by Gasteiger charge is -2.30. The number of carbonyl (C=O) groups excluding carboxylic acids is 1. The first kappa shape index (κ1) is 21.4. The molecule has 0 saturated carbocycles. The van der Waals surface area contributed by atoms with Crippen LogP contribution >= 0.6 is 0 Å². The molecule has 3 rings (SSSR count). The van der Waals surface area contributed by atoms with Crippen LogP contribution in [0.1, 0.15) is 52.5 Å². The van der Waals surface area contributed by atoms with Crippen molar-refractivity contribution in [2.45, 2.75) is 71.5 Å². The fourth-order valence-corrected chi connectivity index (χ4v) is 3.92. The van der Waals surface area contributed by atoms with E-state index in [0.717, 1.165) is 37.3 Å². The molecule has 0 aromatic heterocycles. The van der Waals surface area contributed by atoms with Gasteiger partial charge < -0.3 is 15.4 Å². The minimum atomic E-state index is -0.0330. The molecule has 0 unspecified atom stereocenters. The molecule has 0 saturated heterocycles. The second kappa shape index (κ2) is 9.95. The van der Waals surface area contributed by atoms with E-state index in [0.29, 0.717) is 18.4 Å². The smallest absolute Gasteiger partial charge is 0.245 e. The van der Waals surface area contributed by atoms with Gasteiger partial charge in [-0.15, -0.1) is 0 Å². The molecule has 2 heterocycles. The molecule has 1 aromatic carbocycles. The number of nitrogens with zero attached hydrogens (tertiary/aromatic N) is 1. The van der Waals surface area contributed by atoms with Crippen LogP contribution in [0, 0.1) is 11.8 Å². The maximum atomic E-state index is 12.3. The van der Waals surface area contributed by atoms with Crippen LogP contribution in [0.15, 0.2) is 47.1 Å². The molecule has 0 fully saturated rings. The van der Waals surface area contributed by atoms with Crippen LogP contribution in [-0.2, 0) is 16.0 Å². The van der Waals surface area contributed by atoms with E-state index in [1.165, 1.54) is 5.56 Å². The summed E-state index contributed by atoms with van der Waals surface area (Å²) >= 11 is 0. The van der Waals surface area contributed by atoms with Crippen LogP contribution in [-0.4, -0.2) is 36.5 Å². The zero-order valence-electron chi connectivity index (χ0n) is 18.2. The van der Waals surface area contributed by atoms with Crippen molar-refractivity contribution in [3.05, 3.63) is 47.7 Å². The normalized spacial score (nSPS) is 24.6. The molecule has 0 spiro atoms. The first-order chi connectivity index (χ1) is 14.0. The number of hydrogen-bond acceptors (Lipinski definition) is 4. The Morgan fingerprint density at radius 2 is 1.97 bits per heavy atom. The number of amides is 1. The zero-order chi connectivity index (χ0) is 20.8. The lowest BCUT2D eigenvalue weighted by Crippen LogP contribution is -2.46. The summed E-state index contributed by atoms with van der Waals surface area (Å²) in [4.78, 5) is 17.2. The van der Waals surface area contributed by atoms with Crippen LogP contribution in [0.2, 0.25) is 0 Å². The van der Waals surface area contributed by atoms with Gasteiger partial charge in [-0.3, -0.25) is 4.79 Å². The Morgan fingerprint density at radius 1 is 1.21 bits per heavy atom. The minimum Gasteiger partial charge on any atom is -0.477 e. The van der Waals surface area contributed by atoms with Crippen LogP contribution in [0.3, 0.4) is 0 Å². The van der Waals surface area contributed by atoms with E-state index in [9.17, 15) is 4.79 Å². The first-order valence-corrected chi connectivity index (χ1v) is 11.0.